The van der Waals surface area contributed by atoms with Gasteiger partial charge in [-0.25, -0.2) is 0 Å². The number of carbonyl (C=O) groups excluding carboxylic acids is 1. The van der Waals surface area contributed by atoms with E-state index in [-0.39, 0.29) is 11.4 Å². The van der Waals surface area contributed by atoms with Crippen molar-refractivity contribution in [2.24, 2.45) is 5.41 Å². The lowest BCUT2D eigenvalue weighted by molar-refractivity contribution is -0.144. The van der Waals surface area contributed by atoms with E-state index in [1.807, 2.05) is 20.8 Å². The average molecular weight is 216 g/mol. The van der Waals surface area contributed by atoms with Gasteiger partial charge in [0.15, 0.2) is 0 Å². The van der Waals surface area contributed by atoms with Crippen LogP contribution < -0.4 is 0 Å². The van der Waals surface area contributed by atoms with Crippen LogP contribution >= 0.6 is 0 Å². The molecule has 0 aliphatic rings. The summed E-state index contributed by atoms with van der Waals surface area (Å²) in [5.41, 5.74) is -0.363. The van der Waals surface area contributed by atoms with Gasteiger partial charge in [-0.05, 0) is 38.9 Å². The van der Waals surface area contributed by atoms with E-state index >= 15 is 0 Å². The molecule has 0 saturated heterocycles. The molecule has 0 unspecified atom stereocenters. The zero-order valence-corrected chi connectivity index (χ0v) is 11.4. The van der Waals surface area contributed by atoms with Gasteiger partial charge in [-0.15, -0.1) is 0 Å². The van der Waals surface area contributed by atoms with Crippen LogP contribution in [0.5, 0.6) is 0 Å². The molecule has 0 bridgehead atoms. The molecule has 0 aromatic heterocycles. The molecule has 0 amide bonds. The lowest BCUT2D eigenvalue weighted by Crippen LogP contribution is -2.41. The molecular formula is C11H24O2Si. The summed E-state index contributed by atoms with van der Waals surface area (Å²) in [4.78, 5) is 11.8. The lowest BCUT2D eigenvalue weighted by atomic mass is 9.98. The number of carbonyl (C=O) groups is 1. The molecule has 0 aromatic rings. The smallest absolute Gasteiger partial charge is 0.297 e. The van der Waals surface area contributed by atoms with Crippen molar-refractivity contribution in [3.63, 3.8) is 0 Å². The molecule has 3 heteroatoms. The highest BCUT2D eigenvalue weighted by Gasteiger charge is 2.36. The fourth-order valence-electron chi connectivity index (χ4n) is 1.32. The Kier molecular flexibility index (Phi) is 4.85. The summed E-state index contributed by atoms with van der Waals surface area (Å²) >= 11 is 0. The Bertz CT molecular complexity index is 182. The number of hydrogen-bond acceptors (Lipinski definition) is 2. The molecule has 0 N–H and O–H groups in total. The molecule has 0 heterocycles. The van der Waals surface area contributed by atoms with E-state index in [2.05, 4.69) is 20.8 Å². The van der Waals surface area contributed by atoms with Gasteiger partial charge in [0.1, 0.15) is 0 Å². The van der Waals surface area contributed by atoms with Crippen LogP contribution in [0.1, 0.15) is 41.5 Å². The molecule has 0 atom stereocenters. The van der Waals surface area contributed by atoms with Crippen molar-refractivity contribution in [1.82, 2.24) is 0 Å². The van der Waals surface area contributed by atoms with Gasteiger partial charge < -0.3 is 4.43 Å². The van der Waals surface area contributed by atoms with Gasteiger partial charge >= 0.3 is 0 Å². The molecule has 0 rings (SSSR count). The first-order valence-electron chi connectivity index (χ1n) is 5.54. The summed E-state index contributed by atoms with van der Waals surface area (Å²) in [6.07, 6.45) is 0. The first kappa shape index (κ1) is 13.7. The fourth-order valence-corrected chi connectivity index (χ4v) is 3.95. The second-order valence-electron chi connectivity index (χ2n) is 4.88. The van der Waals surface area contributed by atoms with Gasteiger partial charge in [0.2, 0.25) is 0 Å². The van der Waals surface area contributed by atoms with E-state index in [9.17, 15) is 4.79 Å². The molecule has 14 heavy (non-hydrogen) atoms. The monoisotopic (exact) mass is 216 g/mol. The van der Waals surface area contributed by atoms with Crippen molar-refractivity contribution in [3.8, 4) is 0 Å². The quantitative estimate of drug-likeness (QED) is 0.671. The number of rotatable bonds is 4. The zero-order valence-electron chi connectivity index (χ0n) is 10.4. The van der Waals surface area contributed by atoms with E-state index in [0.29, 0.717) is 0 Å². The molecule has 0 aliphatic heterocycles. The van der Waals surface area contributed by atoms with Crippen LogP contribution in [0.25, 0.3) is 0 Å². The first-order chi connectivity index (χ1) is 6.31. The Morgan fingerprint density at radius 3 is 1.64 bits per heavy atom. The van der Waals surface area contributed by atoms with Crippen molar-refractivity contribution in [2.75, 3.05) is 0 Å². The Hall–Kier alpha value is -0.313. The highest BCUT2D eigenvalue weighted by molar-refractivity contribution is 6.74. The Labute approximate surface area is 89.2 Å². The van der Waals surface area contributed by atoms with Crippen LogP contribution in [0.15, 0.2) is 0 Å². The highest BCUT2D eigenvalue weighted by atomic mass is 28.4. The molecule has 0 spiro atoms. The summed E-state index contributed by atoms with van der Waals surface area (Å²) in [6, 6.07) is 3.09. The third-order valence-electron chi connectivity index (χ3n) is 2.85. The minimum Gasteiger partial charge on any atom is -0.519 e. The Morgan fingerprint density at radius 2 is 1.43 bits per heavy atom. The summed E-state index contributed by atoms with van der Waals surface area (Å²) in [5.74, 6) is -0.0327. The summed E-state index contributed by atoms with van der Waals surface area (Å²) in [6.45, 7) is 12.1. The normalized spacial score (nSPS) is 12.7. The first-order valence-corrected chi connectivity index (χ1v) is 8.07. The van der Waals surface area contributed by atoms with E-state index in [1.165, 1.54) is 0 Å². The van der Waals surface area contributed by atoms with E-state index in [0.717, 1.165) is 18.1 Å². The predicted molar refractivity (Wildman–Crippen MR) is 62.7 cm³/mol. The molecule has 0 radical (unpaired) electrons. The number of hydrogen-bond donors (Lipinski definition) is 0. The van der Waals surface area contributed by atoms with Crippen molar-refractivity contribution in [3.05, 3.63) is 0 Å². The summed E-state index contributed by atoms with van der Waals surface area (Å²) < 4.78 is 5.75. The molecule has 84 valence electrons. The molecule has 0 aliphatic carbocycles. The third-order valence-corrected chi connectivity index (χ3v) is 7.34. The van der Waals surface area contributed by atoms with Crippen LogP contribution in [-0.4, -0.2) is 14.3 Å². The van der Waals surface area contributed by atoms with Gasteiger partial charge in [0, 0.05) is 0 Å². The highest BCUT2D eigenvalue weighted by Crippen LogP contribution is 2.26. The third kappa shape index (κ3) is 3.44. The minimum atomic E-state index is -1.74. The van der Waals surface area contributed by atoms with Gasteiger partial charge in [-0.3, -0.25) is 4.79 Å². The standard InChI is InChI=1S/C11H24O2Si/c1-7-14(8-2,9-3)13-10(12)11(4,5)6/h7-9H2,1-6H3. The van der Waals surface area contributed by atoms with Crippen molar-refractivity contribution in [1.29, 1.82) is 0 Å². The van der Waals surface area contributed by atoms with Crippen molar-refractivity contribution in [2.45, 2.75) is 59.7 Å². The molecule has 0 aromatic carbocycles. The zero-order chi connectivity index (χ0) is 11.4. The van der Waals surface area contributed by atoms with Gasteiger partial charge in [-0.1, -0.05) is 20.8 Å². The molecule has 0 saturated carbocycles. The molecule has 0 fully saturated rings. The van der Waals surface area contributed by atoms with Crippen LogP contribution in [0, 0.1) is 5.41 Å². The fraction of sp³-hybridized carbons (Fsp3) is 0.909. The van der Waals surface area contributed by atoms with Crippen LogP contribution in [0.2, 0.25) is 18.1 Å². The van der Waals surface area contributed by atoms with Crippen LogP contribution in [0.3, 0.4) is 0 Å². The van der Waals surface area contributed by atoms with Crippen molar-refractivity contribution < 1.29 is 9.22 Å². The van der Waals surface area contributed by atoms with Gasteiger partial charge in [0.05, 0.1) is 5.41 Å². The largest absolute Gasteiger partial charge is 0.519 e. The predicted octanol–water partition coefficient (Wildman–Crippen LogP) is 3.58. The summed E-state index contributed by atoms with van der Waals surface area (Å²) in [5, 5.41) is 0. The second-order valence-corrected chi connectivity index (χ2v) is 9.57. The Morgan fingerprint density at radius 1 is 1.07 bits per heavy atom. The van der Waals surface area contributed by atoms with Crippen molar-refractivity contribution >= 4 is 14.3 Å². The van der Waals surface area contributed by atoms with E-state index < -0.39 is 8.32 Å². The second kappa shape index (κ2) is 4.96. The van der Waals surface area contributed by atoms with Crippen LogP contribution in [0.4, 0.5) is 0 Å². The molecule has 2 nitrogen and oxygen atoms in total. The van der Waals surface area contributed by atoms with E-state index in [1.54, 1.807) is 0 Å². The summed E-state index contributed by atoms with van der Waals surface area (Å²) in [7, 11) is -1.74. The van der Waals surface area contributed by atoms with E-state index in [4.69, 9.17) is 4.43 Å². The lowest BCUT2D eigenvalue weighted by Gasteiger charge is -2.31. The SMILES string of the molecule is CC[Si](CC)(CC)OC(=O)C(C)(C)C. The van der Waals surface area contributed by atoms with Gasteiger partial charge in [-0.2, -0.15) is 0 Å². The maximum absolute atomic E-state index is 11.8. The topological polar surface area (TPSA) is 26.3 Å². The maximum Gasteiger partial charge on any atom is 0.297 e. The minimum absolute atomic E-state index is 0.0327. The van der Waals surface area contributed by atoms with Gasteiger partial charge in [0.25, 0.3) is 14.3 Å². The Balaban J connectivity index is 4.54. The van der Waals surface area contributed by atoms with Crippen LogP contribution in [-0.2, 0) is 9.22 Å². The average Bonchev–Trinajstić information content (AvgIpc) is 2.12. The molecular weight excluding hydrogens is 192 g/mol. The maximum atomic E-state index is 11.8.